The summed E-state index contributed by atoms with van der Waals surface area (Å²) in [6.45, 7) is 6.95. The zero-order valence-electron chi connectivity index (χ0n) is 9.10. The summed E-state index contributed by atoms with van der Waals surface area (Å²) in [5, 5.41) is 6.59. The lowest BCUT2D eigenvalue weighted by Crippen LogP contribution is -2.60. The number of carboxylic acid groups (broad SMARTS) is 1. The second-order valence-corrected chi connectivity index (χ2v) is 4.49. The summed E-state index contributed by atoms with van der Waals surface area (Å²) < 4.78 is 22.2. The third-order valence-corrected chi connectivity index (χ3v) is 3.45. The Balaban J connectivity index is 0. The Morgan fingerprint density at radius 1 is 1.20 bits per heavy atom. The van der Waals surface area contributed by atoms with Gasteiger partial charge >= 0.3 is 15.3 Å². The van der Waals surface area contributed by atoms with Gasteiger partial charge in [-0.25, -0.2) is 9.39 Å². The minimum Gasteiger partial charge on any atom is -0.870 e. The Hall–Kier alpha value is -0.700. The standard InChI is InChI=1S/C7H16N2O4S.H2O/c1-4-9(5-2,6-3)8-14(12,13)7(10)11;/h8H,4-6H2,1-3H3;1H2. The maximum atomic E-state index is 11.1. The molecule has 3 N–H and O–H groups in total. The molecule has 0 aliphatic heterocycles. The van der Waals surface area contributed by atoms with Gasteiger partial charge in [-0.1, -0.05) is 0 Å². The molecule has 0 aromatic heterocycles. The molecule has 0 spiro atoms. The highest BCUT2D eigenvalue weighted by Gasteiger charge is 2.33. The molecule has 0 unspecified atom stereocenters. The van der Waals surface area contributed by atoms with Crippen LogP contribution in [0.3, 0.4) is 0 Å². The first kappa shape index (κ1) is 16.7. The largest absolute Gasteiger partial charge is 0.870 e. The summed E-state index contributed by atoms with van der Waals surface area (Å²) in [6.07, 6.45) is 0. The first-order valence-electron chi connectivity index (χ1n) is 4.46. The van der Waals surface area contributed by atoms with Crippen LogP contribution in [0.5, 0.6) is 0 Å². The SMILES string of the molecule is CC[N+](CC)(CC)NS(=O)(=O)C(=O)O.[OH-]. The smallest absolute Gasteiger partial charge is 0.441 e. The average Bonchev–Trinajstić information content (AvgIpc) is 2.14. The molecule has 0 aliphatic carbocycles. The first-order chi connectivity index (χ1) is 6.33. The van der Waals surface area contributed by atoms with Crippen molar-refractivity contribution in [1.29, 1.82) is 0 Å². The van der Waals surface area contributed by atoms with E-state index in [1.807, 2.05) is 0 Å². The van der Waals surface area contributed by atoms with Gasteiger partial charge in [0.25, 0.3) is 0 Å². The van der Waals surface area contributed by atoms with Crippen LogP contribution in [0.15, 0.2) is 0 Å². The summed E-state index contributed by atoms with van der Waals surface area (Å²) in [5.41, 5.74) is 0. The monoisotopic (exact) mass is 242 g/mol. The normalized spacial score (nSPS) is 11.9. The summed E-state index contributed by atoms with van der Waals surface area (Å²) in [4.78, 5) is 12.6. The number of nitrogens with one attached hydrogen (secondary N) is 1. The average molecular weight is 242 g/mol. The van der Waals surface area contributed by atoms with Crippen LogP contribution in [0.1, 0.15) is 20.8 Å². The van der Waals surface area contributed by atoms with Crippen molar-refractivity contribution >= 4 is 15.3 Å². The van der Waals surface area contributed by atoms with Crippen molar-refractivity contribution in [3.63, 3.8) is 0 Å². The third kappa shape index (κ3) is 4.12. The highest BCUT2D eigenvalue weighted by atomic mass is 32.2. The quantitative estimate of drug-likeness (QED) is 0.528. The minimum absolute atomic E-state index is 0. The molecule has 0 bridgehead atoms. The molecule has 0 amide bonds. The van der Waals surface area contributed by atoms with E-state index in [9.17, 15) is 13.2 Å². The van der Waals surface area contributed by atoms with Gasteiger partial charge in [-0.15, -0.1) is 0 Å². The summed E-state index contributed by atoms with van der Waals surface area (Å²) >= 11 is 0. The number of hydrogen-bond acceptors (Lipinski definition) is 4. The van der Waals surface area contributed by atoms with E-state index in [4.69, 9.17) is 5.11 Å². The second-order valence-electron chi connectivity index (χ2n) is 2.95. The van der Waals surface area contributed by atoms with Crippen molar-refractivity contribution in [1.82, 2.24) is 4.83 Å². The van der Waals surface area contributed by atoms with E-state index in [1.165, 1.54) is 0 Å². The Labute approximate surface area is 89.6 Å². The van der Waals surface area contributed by atoms with Crippen LogP contribution in [0.2, 0.25) is 0 Å². The molecule has 0 rings (SSSR count). The fourth-order valence-corrected chi connectivity index (χ4v) is 2.13. The van der Waals surface area contributed by atoms with E-state index >= 15 is 0 Å². The lowest BCUT2D eigenvalue weighted by atomic mass is 10.5. The van der Waals surface area contributed by atoms with Crippen molar-refractivity contribution in [2.45, 2.75) is 20.8 Å². The van der Waals surface area contributed by atoms with Gasteiger partial charge in [0.05, 0.1) is 19.6 Å². The molecule has 0 radical (unpaired) electrons. The fraction of sp³-hybridized carbons (Fsp3) is 0.857. The van der Waals surface area contributed by atoms with E-state index in [0.29, 0.717) is 19.6 Å². The van der Waals surface area contributed by atoms with Crippen LogP contribution in [0.25, 0.3) is 0 Å². The van der Waals surface area contributed by atoms with Gasteiger partial charge in [0, 0.05) is 0 Å². The molecule has 0 saturated carbocycles. The number of carbonyl (C=O) groups is 1. The van der Waals surface area contributed by atoms with Gasteiger partial charge in [-0.3, -0.25) is 0 Å². The molecule has 0 aromatic carbocycles. The third-order valence-electron chi connectivity index (χ3n) is 2.36. The number of quaternary nitrogens is 1. The van der Waals surface area contributed by atoms with Gasteiger partial charge in [-0.05, 0) is 25.6 Å². The van der Waals surface area contributed by atoms with Crippen LogP contribution in [-0.2, 0) is 10.0 Å². The maximum Gasteiger partial charge on any atom is 0.441 e. The van der Waals surface area contributed by atoms with Gasteiger partial charge in [-0.2, -0.15) is 8.42 Å². The van der Waals surface area contributed by atoms with E-state index in [-0.39, 0.29) is 10.1 Å². The zero-order chi connectivity index (χ0) is 11.4. The van der Waals surface area contributed by atoms with Gasteiger partial charge < -0.3 is 10.6 Å². The van der Waals surface area contributed by atoms with Crippen LogP contribution in [0, 0.1) is 0 Å². The predicted molar refractivity (Wildman–Crippen MR) is 53.9 cm³/mol. The van der Waals surface area contributed by atoms with E-state index in [1.54, 1.807) is 20.8 Å². The predicted octanol–water partition coefficient (Wildman–Crippen LogP) is 0.199. The van der Waals surface area contributed by atoms with Crippen LogP contribution < -0.4 is 4.83 Å². The highest BCUT2D eigenvalue weighted by Crippen LogP contribution is 2.03. The lowest BCUT2D eigenvalue weighted by molar-refractivity contribution is -0.951. The summed E-state index contributed by atoms with van der Waals surface area (Å²) in [6, 6.07) is 0. The van der Waals surface area contributed by atoms with Crippen LogP contribution >= 0.6 is 0 Å². The van der Waals surface area contributed by atoms with Gasteiger partial charge in [0.15, 0.2) is 0 Å². The van der Waals surface area contributed by atoms with Crippen molar-refractivity contribution in [3.05, 3.63) is 0 Å². The van der Waals surface area contributed by atoms with E-state index in [0.717, 1.165) is 0 Å². The van der Waals surface area contributed by atoms with Crippen LogP contribution in [0.4, 0.5) is 4.79 Å². The lowest BCUT2D eigenvalue weighted by Gasteiger charge is -2.33. The molecule has 0 aromatic rings. The molecule has 0 atom stereocenters. The molecule has 0 heterocycles. The Bertz CT molecular complexity index is 288. The second kappa shape index (κ2) is 6.01. The van der Waals surface area contributed by atoms with Gasteiger partial charge in [0.1, 0.15) is 0 Å². The van der Waals surface area contributed by atoms with Crippen molar-refractivity contribution in [2.75, 3.05) is 19.6 Å². The molecular weight excluding hydrogens is 224 g/mol. The molecule has 8 heteroatoms. The van der Waals surface area contributed by atoms with Gasteiger partial charge in [0.2, 0.25) is 0 Å². The van der Waals surface area contributed by atoms with Crippen molar-refractivity contribution < 1.29 is 28.4 Å². The maximum absolute atomic E-state index is 11.1. The van der Waals surface area contributed by atoms with E-state index < -0.39 is 15.3 Å². The molecule has 7 nitrogen and oxygen atoms in total. The molecule has 0 aliphatic rings. The number of sulfonamides is 1. The minimum atomic E-state index is -4.25. The number of rotatable bonds is 5. The Morgan fingerprint density at radius 2 is 1.53 bits per heavy atom. The topological polar surface area (TPSA) is 113 Å². The van der Waals surface area contributed by atoms with E-state index in [2.05, 4.69) is 4.83 Å². The molecular formula is C7H18N2O5S. The summed E-state index contributed by atoms with van der Waals surface area (Å²) in [5.74, 6) is 0. The fourth-order valence-electron chi connectivity index (χ4n) is 1.16. The summed E-state index contributed by atoms with van der Waals surface area (Å²) in [7, 11) is -4.25. The van der Waals surface area contributed by atoms with Crippen molar-refractivity contribution in [2.24, 2.45) is 0 Å². The number of nitrogens with zero attached hydrogens (tertiary/aromatic N) is 1. The zero-order valence-corrected chi connectivity index (χ0v) is 9.91. The van der Waals surface area contributed by atoms with Crippen LogP contribution in [-0.4, -0.2) is 48.5 Å². The first-order valence-corrected chi connectivity index (χ1v) is 5.95. The molecule has 0 saturated heterocycles. The molecule has 0 fully saturated rings. The van der Waals surface area contributed by atoms with Crippen molar-refractivity contribution in [3.8, 4) is 0 Å². The number of hydrogen-bond donors (Lipinski definition) is 2. The molecule has 15 heavy (non-hydrogen) atoms. The Morgan fingerprint density at radius 3 is 1.73 bits per heavy atom. The highest BCUT2D eigenvalue weighted by molar-refractivity contribution is 8.03. The Kier molecular flexibility index (Phi) is 6.70. The molecule has 92 valence electrons.